The highest BCUT2D eigenvalue weighted by Crippen LogP contribution is 2.31. The molecule has 1 amide bonds. The Morgan fingerprint density at radius 1 is 1.31 bits per heavy atom. The number of benzene rings is 1. The lowest BCUT2D eigenvalue weighted by molar-refractivity contribution is -0.119. The number of carbonyl (C=O) groups excluding carboxylic acids is 2. The Bertz CT molecular complexity index is 1040. The van der Waals surface area contributed by atoms with Crippen molar-refractivity contribution in [2.45, 2.75) is 19.3 Å². The van der Waals surface area contributed by atoms with Crippen LogP contribution in [0.2, 0.25) is 0 Å². The first-order valence-electron chi connectivity index (χ1n) is 8.16. The van der Waals surface area contributed by atoms with Crippen molar-refractivity contribution in [3.63, 3.8) is 0 Å². The van der Waals surface area contributed by atoms with Crippen LogP contribution in [0.5, 0.6) is 0 Å². The summed E-state index contributed by atoms with van der Waals surface area (Å²) >= 11 is 1.43. The van der Waals surface area contributed by atoms with Crippen LogP contribution in [0.4, 0.5) is 5.69 Å². The van der Waals surface area contributed by atoms with E-state index in [1.165, 1.54) is 21.8 Å². The second kappa shape index (κ2) is 6.65. The van der Waals surface area contributed by atoms with Crippen molar-refractivity contribution in [2.24, 2.45) is 0 Å². The molecule has 1 aliphatic rings. The minimum Gasteiger partial charge on any atom is -0.451 e. The monoisotopic (exact) mass is 366 g/mol. The van der Waals surface area contributed by atoms with E-state index in [1.54, 1.807) is 24.3 Å². The van der Waals surface area contributed by atoms with Gasteiger partial charge in [-0.05, 0) is 43.0 Å². The van der Waals surface area contributed by atoms with Gasteiger partial charge >= 0.3 is 5.97 Å². The summed E-state index contributed by atoms with van der Waals surface area (Å²) in [6.07, 6.45) is 3.11. The second-order valence-corrected chi connectivity index (χ2v) is 7.09. The number of carbonyl (C=O) groups is 2. The molecule has 0 fully saturated rings. The molecule has 0 atom stereocenters. The number of amides is 1. The third-order valence-electron chi connectivity index (χ3n) is 4.24. The summed E-state index contributed by atoms with van der Waals surface area (Å²) in [5.74, 6) is -1.01. The van der Waals surface area contributed by atoms with Gasteiger partial charge in [0.2, 0.25) is 5.76 Å². The number of anilines is 1. The van der Waals surface area contributed by atoms with E-state index in [0.29, 0.717) is 21.5 Å². The van der Waals surface area contributed by atoms with E-state index in [4.69, 9.17) is 9.15 Å². The summed E-state index contributed by atoms with van der Waals surface area (Å²) in [4.78, 5) is 26.0. The maximum Gasteiger partial charge on any atom is 0.348 e. The van der Waals surface area contributed by atoms with Gasteiger partial charge in [0.1, 0.15) is 22.2 Å². The van der Waals surface area contributed by atoms with E-state index in [0.717, 1.165) is 19.3 Å². The lowest BCUT2D eigenvalue weighted by atomic mass is 10.2. The van der Waals surface area contributed by atoms with Crippen LogP contribution in [0, 0.1) is 11.3 Å². The maximum absolute atomic E-state index is 12.2. The summed E-state index contributed by atoms with van der Waals surface area (Å²) in [5.41, 5.74) is 2.00. The average molecular weight is 366 g/mol. The number of aryl methyl sites for hydroxylation is 2. The van der Waals surface area contributed by atoms with Gasteiger partial charge in [-0.2, -0.15) is 5.26 Å². The lowest BCUT2D eigenvalue weighted by Gasteiger charge is -2.05. The zero-order valence-corrected chi connectivity index (χ0v) is 14.5. The minimum absolute atomic E-state index is 0.0144. The van der Waals surface area contributed by atoms with Gasteiger partial charge in [0, 0.05) is 10.3 Å². The number of furan rings is 1. The summed E-state index contributed by atoms with van der Waals surface area (Å²) in [6, 6.07) is 10.8. The van der Waals surface area contributed by atoms with Crippen LogP contribution >= 0.6 is 11.3 Å². The molecule has 0 bridgehead atoms. The van der Waals surface area contributed by atoms with Crippen LogP contribution in [0.1, 0.15) is 32.3 Å². The van der Waals surface area contributed by atoms with Crippen LogP contribution in [0.25, 0.3) is 11.0 Å². The highest BCUT2D eigenvalue weighted by Gasteiger charge is 2.21. The molecule has 0 aliphatic heterocycles. The van der Waals surface area contributed by atoms with Crippen LogP contribution < -0.4 is 5.32 Å². The molecule has 1 N–H and O–H groups in total. The van der Waals surface area contributed by atoms with Gasteiger partial charge in [0.05, 0.1) is 0 Å². The normalized spacial score (nSPS) is 12.6. The lowest BCUT2D eigenvalue weighted by Crippen LogP contribution is -2.20. The van der Waals surface area contributed by atoms with Gasteiger partial charge in [-0.1, -0.05) is 12.1 Å². The summed E-state index contributed by atoms with van der Waals surface area (Å²) in [6.45, 7) is -0.425. The van der Waals surface area contributed by atoms with Crippen molar-refractivity contribution in [3.8, 4) is 6.07 Å². The fourth-order valence-corrected chi connectivity index (χ4v) is 4.20. The molecular weight excluding hydrogens is 352 g/mol. The largest absolute Gasteiger partial charge is 0.451 e. The Kier molecular flexibility index (Phi) is 4.19. The van der Waals surface area contributed by atoms with Gasteiger partial charge in [-0.3, -0.25) is 4.79 Å². The molecule has 0 spiro atoms. The van der Waals surface area contributed by atoms with Gasteiger partial charge in [-0.25, -0.2) is 4.79 Å². The highest BCUT2D eigenvalue weighted by molar-refractivity contribution is 7.14. The van der Waals surface area contributed by atoms with Crippen LogP contribution in [-0.4, -0.2) is 18.5 Å². The summed E-state index contributed by atoms with van der Waals surface area (Å²) < 4.78 is 10.5. The molecule has 130 valence electrons. The van der Waals surface area contributed by atoms with Gasteiger partial charge in [0.15, 0.2) is 6.61 Å². The summed E-state index contributed by atoms with van der Waals surface area (Å²) in [7, 11) is 0. The fourth-order valence-electron chi connectivity index (χ4n) is 3.06. The number of fused-ring (bicyclic) bond motifs is 2. The number of hydrogen-bond acceptors (Lipinski definition) is 6. The number of esters is 1. The number of rotatable bonds is 4. The number of nitrogens with zero attached hydrogens (tertiary/aromatic N) is 1. The molecule has 0 radical (unpaired) electrons. The minimum atomic E-state index is -0.523. The standard InChI is InChI=1S/C19H14N2O4S/c20-9-14-18(12-5-1-2-6-13(12)25-14)21-17(22)10-24-19(23)16-8-11-4-3-7-15(11)26-16/h1-2,5-6,8H,3-4,7,10H2,(H,21,22). The molecule has 6 nitrogen and oxygen atoms in total. The van der Waals surface area contributed by atoms with Crippen LogP contribution in [0.3, 0.4) is 0 Å². The number of ether oxygens (including phenoxy) is 1. The first-order valence-corrected chi connectivity index (χ1v) is 8.97. The van der Waals surface area contributed by atoms with Crippen LogP contribution in [0.15, 0.2) is 34.7 Å². The third kappa shape index (κ3) is 2.95. The van der Waals surface area contributed by atoms with Crippen molar-refractivity contribution in [3.05, 3.63) is 51.4 Å². The molecule has 26 heavy (non-hydrogen) atoms. The zero-order valence-electron chi connectivity index (χ0n) is 13.7. The quantitative estimate of drug-likeness (QED) is 0.712. The van der Waals surface area contributed by atoms with Gasteiger partial charge in [-0.15, -0.1) is 11.3 Å². The molecule has 0 saturated heterocycles. The molecule has 4 rings (SSSR count). The highest BCUT2D eigenvalue weighted by atomic mass is 32.1. The van der Waals surface area contributed by atoms with Crippen molar-refractivity contribution in [2.75, 3.05) is 11.9 Å². The Morgan fingerprint density at radius 2 is 2.15 bits per heavy atom. The molecule has 2 aromatic heterocycles. The van der Waals surface area contributed by atoms with E-state index < -0.39 is 18.5 Å². The second-order valence-electron chi connectivity index (χ2n) is 5.95. The number of hydrogen-bond donors (Lipinski definition) is 1. The third-order valence-corrected chi connectivity index (χ3v) is 5.46. The Labute approximate surface area is 153 Å². The van der Waals surface area contributed by atoms with Crippen molar-refractivity contribution >= 4 is 39.9 Å². The molecule has 7 heteroatoms. The van der Waals surface area contributed by atoms with E-state index in [9.17, 15) is 14.9 Å². The Morgan fingerprint density at radius 3 is 2.96 bits per heavy atom. The molecule has 1 aromatic carbocycles. The molecule has 2 heterocycles. The number of para-hydroxylation sites is 1. The van der Waals surface area contributed by atoms with E-state index in [2.05, 4.69) is 5.32 Å². The van der Waals surface area contributed by atoms with Crippen LogP contribution in [-0.2, 0) is 22.4 Å². The Hall–Kier alpha value is -3.11. The summed E-state index contributed by atoms with van der Waals surface area (Å²) in [5, 5.41) is 12.4. The molecule has 1 aliphatic carbocycles. The van der Waals surface area contributed by atoms with E-state index in [1.807, 2.05) is 12.1 Å². The van der Waals surface area contributed by atoms with Crippen molar-refractivity contribution in [1.29, 1.82) is 5.26 Å². The van der Waals surface area contributed by atoms with E-state index >= 15 is 0 Å². The topological polar surface area (TPSA) is 92.3 Å². The van der Waals surface area contributed by atoms with Gasteiger partial charge in [0.25, 0.3) is 5.91 Å². The average Bonchev–Trinajstić information content (AvgIpc) is 3.33. The number of thiophene rings is 1. The smallest absolute Gasteiger partial charge is 0.348 e. The molecular formula is C19H14N2O4S. The SMILES string of the molecule is N#Cc1oc2ccccc2c1NC(=O)COC(=O)c1cc2c(s1)CCC2. The predicted molar refractivity (Wildman–Crippen MR) is 96.2 cm³/mol. The zero-order chi connectivity index (χ0) is 18.1. The first-order chi connectivity index (χ1) is 12.7. The van der Waals surface area contributed by atoms with E-state index in [-0.39, 0.29) is 5.76 Å². The number of nitriles is 1. The molecule has 3 aromatic rings. The molecule has 0 saturated carbocycles. The fraction of sp³-hybridized carbons (Fsp3) is 0.211. The van der Waals surface area contributed by atoms with Gasteiger partial charge < -0.3 is 14.5 Å². The maximum atomic E-state index is 12.2. The van der Waals surface area contributed by atoms with Crippen molar-refractivity contribution in [1.82, 2.24) is 0 Å². The van der Waals surface area contributed by atoms with Crippen molar-refractivity contribution < 1.29 is 18.7 Å². The predicted octanol–water partition coefficient (Wildman–Crippen LogP) is 3.65. The molecule has 0 unspecified atom stereocenters. The first kappa shape index (κ1) is 16.4. The Balaban J connectivity index is 1.43. The number of nitrogens with one attached hydrogen (secondary N) is 1.